The lowest BCUT2D eigenvalue weighted by Crippen LogP contribution is -2.20. The van der Waals surface area contributed by atoms with Gasteiger partial charge in [0.15, 0.2) is 0 Å². The molecule has 0 saturated heterocycles. The Labute approximate surface area is 275 Å². The van der Waals surface area contributed by atoms with Crippen molar-refractivity contribution in [2.75, 3.05) is 0 Å². The fourth-order valence-corrected chi connectivity index (χ4v) is 6.09. The minimum atomic E-state index is -4.02. The van der Waals surface area contributed by atoms with Crippen molar-refractivity contribution in [1.82, 2.24) is 33.9 Å². The van der Waals surface area contributed by atoms with Gasteiger partial charge in [-0.2, -0.15) is 13.5 Å². The van der Waals surface area contributed by atoms with E-state index in [-0.39, 0.29) is 10.6 Å². The minimum Gasteiger partial charge on any atom is -0.293 e. The van der Waals surface area contributed by atoms with Crippen LogP contribution in [0, 0.1) is 6.92 Å². The summed E-state index contributed by atoms with van der Waals surface area (Å²) >= 11 is 0. The molecule has 4 heterocycles. The predicted molar refractivity (Wildman–Crippen MR) is 185 cm³/mol. The second-order valence-corrected chi connectivity index (χ2v) is 12.8. The Morgan fingerprint density at radius 2 is 1.56 bits per heavy atom. The number of aromatic nitrogens is 7. The molecular formula is C36H29N7O4S. The van der Waals surface area contributed by atoms with E-state index in [1.54, 1.807) is 45.5 Å². The first-order chi connectivity index (χ1) is 23.2. The van der Waals surface area contributed by atoms with E-state index in [0.29, 0.717) is 6.54 Å². The second kappa shape index (κ2) is 12.3. The highest BCUT2D eigenvalue weighted by molar-refractivity contribution is 7.85. The molecule has 0 aliphatic rings. The first-order valence-corrected chi connectivity index (χ1v) is 16.4. The van der Waals surface area contributed by atoms with Gasteiger partial charge in [0.05, 0.1) is 45.4 Å². The lowest BCUT2D eigenvalue weighted by Gasteiger charge is -2.09. The summed E-state index contributed by atoms with van der Waals surface area (Å²) in [4.78, 5) is 26.7. The van der Waals surface area contributed by atoms with E-state index in [1.165, 1.54) is 18.5 Å². The number of rotatable bonds is 5. The van der Waals surface area contributed by atoms with Gasteiger partial charge >= 0.3 is 5.69 Å². The summed E-state index contributed by atoms with van der Waals surface area (Å²) in [6.07, 6.45) is 6.87. The quantitative estimate of drug-likeness (QED) is 0.224. The minimum absolute atomic E-state index is 0.0666. The number of benzene rings is 4. The van der Waals surface area contributed by atoms with Gasteiger partial charge in [0.1, 0.15) is 12.7 Å². The van der Waals surface area contributed by atoms with Crippen molar-refractivity contribution in [1.29, 1.82) is 0 Å². The van der Waals surface area contributed by atoms with Crippen LogP contribution in [0.2, 0.25) is 0 Å². The van der Waals surface area contributed by atoms with Gasteiger partial charge in [0.2, 0.25) is 0 Å². The summed E-state index contributed by atoms with van der Waals surface area (Å²) in [7, 11) is -2.24. The molecule has 0 aliphatic carbocycles. The molecule has 1 N–H and O–H groups in total. The Kier molecular flexibility index (Phi) is 7.87. The largest absolute Gasteiger partial charge is 0.333 e. The average molecular weight is 656 g/mol. The zero-order chi connectivity index (χ0) is 33.4. The van der Waals surface area contributed by atoms with Gasteiger partial charge in [0, 0.05) is 29.6 Å². The standard InChI is InChI=1S/C29H21N7O.C7H8O3S/c1-34-27-15-32-26-11-8-20(22-12-21-4-2-3-5-25(21)31-14-22)13-24(26)28(27)36(29(34)37)23-9-6-19(7-10-23)16-35-18-30-17-33-35;1-6-2-4-7(5-3-6)11(8,9)10/h2-15,17-18H,16H2,1H3;2-5H,1H3,(H,8,9,10). The van der Waals surface area contributed by atoms with Crippen molar-refractivity contribution >= 4 is 43.0 Å². The van der Waals surface area contributed by atoms with Crippen molar-refractivity contribution in [2.45, 2.75) is 18.4 Å². The van der Waals surface area contributed by atoms with Gasteiger partial charge in [0.25, 0.3) is 10.1 Å². The molecule has 0 atom stereocenters. The maximum atomic E-state index is 13.4. The molecule has 12 heteroatoms. The van der Waals surface area contributed by atoms with Gasteiger partial charge in [-0.15, -0.1) is 0 Å². The van der Waals surface area contributed by atoms with Crippen molar-refractivity contribution in [2.24, 2.45) is 7.05 Å². The molecule has 0 bridgehead atoms. The molecule has 0 radical (unpaired) electrons. The van der Waals surface area contributed by atoms with Crippen LogP contribution in [0.3, 0.4) is 0 Å². The number of fused-ring (bicyclic) bond motifs is 4. The summed E-state index contributed by atoms with van der Waals surface area (Å²) in [5, 5.41) is 6.16. The number of pyridine rings is 2. The van der Waals surface area contributed by atoms with E-state index in [4.69, 9.17) is 4.55 Å². The summed E-state index contributed by atoms with van der Waals surface area (Å²) in [5.74, 6) is 0. The number of aryl methyl sites for hydroxylation is 2. The van der Waals surface area contributed by atoms with E-state index in [2.05, 4.69) is 44.3 Å². The average Bonchev–Trinajstić information content (AvgIpc) is 3.70. The van der Waals surface area contributed by atoms with E-state index >= 15 is 0 Å². The van der Waals surface area contributed by atoms with Crippen molar-refractivity contribution in [3.05, 3.63) is 144 Å². The molecule has 4 aromatic carbocycles. The number of hydrogen-bond donors (Lipinski definition) is 1. The topological polar surface area (TPSA) is 138 Å². The van der Waals surface area contributed by atoms with Crippen molar-refractivity contribution in [3.8, 4) is 16.8 Å². The predicted octanol–water partition coefficient (Wildman–Crippen LogP) is 5.97. The van der Waals surface area contributed by atoms with Crippen LogP contribution < -0.4 is 5.69 Å². The SMILES string of the molecule is Cc1ccc(S(=O)(=O)O)cc1.Cn1c(=O)n(-c2ccc(Cn3cncn3)cc2)c2c3cc(-c4cnc5ccccc5c4)ccc3ncc21. The van der Waals surface area contributed by atoms with Crippen molar-refractivity contribution in [3.63, 3.8) is 0 Å². The fourth-order valence-electron chi connectivity index (χ4n) is 5.61. The highest BCUT2D eigenvalue weighted by Crippen LogP contribution is 2.30. The zero-order valence-corrected chi connectivity index (χ0v) is 26.8. The Hall–Kier alpha value is -5.98. The number of para-hydroxylation sites is 1. The highest BCUT2D eigenvalue weighted by atomic mass is 32.2. The molecule has 238 valence electrons. The molecule has 0 amide bonds. The van der Waals surface area contributed by atoms with Gasteiger partial charge < -0.3 is 0 Å². The molecule has 11 nitrogen and oxygen atoms in total. The van der Waals surface area contributed by atoms with E-state index in [9.17, 15) is 13.2 Å². The van der Waals surface area contributed by atoms with Crippen LogP contribution >= 0.6 is 0 Å². The molecule has 4 aromatic heterocycles. The lowest BCUT2D eigenvalue weighted by atomic mass is 10.0. The third-order valence-corrected chi connectivity index (χ3v) is 9.00. The Balaban J connectivity index is 0.000000284. The van der Waals surface area contributed by atoms with Gasteiger partial charge in [-0.1, -0.05) is 54.1 Å². The summed E-state index contributed by atoms with van der Waals surface area (Å²) in [6.45, 7) is 2.45. The fraction of sp³-hybridized carbons (Fsp3) is 0.0833. The van der Waals surface area contributed by atoms with Gasteiger partial charge in [-0.05, 0) is 66.6 Å². The zero-order valence-electron chi connectivity index (χ0n) is 26.0. The Morgan fingerprint density at radius 1 is 0.812 bits per heavy atom. The first-order valence-electron chi connectivity index (χ1n) is 15.0. The van der Waals surface area contributed by atoms with E-state index in [0.717, 1.165) is 60.8 Å². The van der Waals surface area contributed by atoms with Gasteiger partial charge in [-0.25, -0.2) is 14.5 Å². The van der Waals surface area contributed by atoms with Gasteiger partial charge in [-0.3, -0.25) is 23.7 Å². The smallest absolute Gasteiger partial charge is 0.293 e. The summed E-state index contributed by atoms with van der Waals surface area (Å²) in [6, 6.07) is 30.3. The van der Waals surface area contributed by atoms with Crippen LogP contribution in [0.5, 0.6) is 0 Å². The molecule has 0 spiro atoms. The third-order valence-electron chi connectivity index (χ3n) is 8.13. The first kappa shape index (κ1) is 30.7. The maximum absolute atomic E-state index is 13.4. The normalized spacial score (nSPS) is 11.6. The molecular weight excluding hydrogens is 627 g/mol. The molecule has 0 saturated carbocycles. The third kappa shape index (κ3) is 5.97. The van der Waals surface area contributed by atoms with Crippen LogP contribution in [-0.2, 0) is 23.7 Å². The molecule has 0 fully saturated rings. The van der Waals surface area contributed by atoms with Crippen LogP contribution in [0.1, 0.15) is 11.1 Å². The number of hydrogen-bond acceptors (Lipinski definition) is 7. The van der Waals surface area contributed by atoms with Crippen molar-refractivity contribution < 1.29 is 13.0 Å². The van der Waals surface area contributed by atoms with E-state index in [1.807, 2.05) is 61.7 Å². The lowest BCUT2D eigenvalue weighted by molar-refractivity contribution is 0.483. The van der Waals surface area contributed by atoms with Crippen LogP contribution in [0.4, 0.5) is 0 Å². The molecule has 48 heavy (non-hydrogen) atoms. The van der Waals surface area contributed by atoms with E-state index < -0.39 is 10.1 Å². The maximum Gasteiger partial charge on any atom is 0.333 e. The number of nitrogens with zero attached hydrogens (tertiary/aromatic N) is 7. The summed E-state index contributed by atoms with van der Waals surface area (Å²) in [5.41, 5.74) is 8.13. The Morgan fingerprint density at radius 3 is 2.29 bits per heavy atom. The Bertz CT molecular complexity index is 2590. The molecule has 0 aliphatic heterocycles. The number of imidazole rings is 1. The molecule has 8 aromatic rings. The van der Waals surface area contributed by atoms with Crippen LogP contribution in [0.15, 0.2) is 132 Å². The monoisotopic (exact) mass is 655 g/mol. The van der Waals surface area contributed by atoms with Crippen LogP contribution in [-0.4, -0.2) is 46.8 Å². The molecule has 0 unspecified atom stereocenters. The van der Waals surface area contributed by atoms with Crippen LogP contribution in [0.25, 0.3) is 49.7 Å². The summed E-state index contributed by atoms with van der Waals surface area (Å²) < 4.78 is 34.7. The second-order valence-electron chi connectivity index (χ2n) is 11.4. The molecule has 8 rings (SSSR count). The highest BCUT2D eigenvalue weighted by Gasteiger charge is 2.17.